The fourth-order valence-corrected chi connectivity index (χ4v) is 3.85. The van der Waals surface area contributed by atoms with Gasteiger partial charge in [0.25, 0.3) is 0 Å². The molecule has 0 aromatic rings. The molecule has 2 atom stereocenters. The fourth-order valence-electron chi connectivity index (χ4n) is 3.85. The van der Waals surface area contributed by atoms with Crippen LogP contribution in [0, 0.1) is 5.92 Å². The fraction of sp³-hybridized carbons (Fsp3) is 0.933. The molecule has 4 nitrogen and oxygen atoms in total. The first kappa shape index (κ1) is 13.5. The summed E-state index contributed by atoms with van der Waals surface area (Å²) in [6.07, 6.45) is 6.39. The summed E-state index contributed by atoms with van der Waals surface area (Å²) >= 11 is 0. The number of rotatable bonds is 2. The van der Waals surface area contributed by atoms with E-state index >= 15 is 0 Å². The van der Waals surface area contributed by atoms with E-state index in [4.69, 9.17) is 9.47 Å². The maximum Gasteiger partial charge on any atom is 0.166 e. The molecular formula is C15H25NO3. The summed E-state index contributed by atoms with van der Waals surface area (Å²) in [6, 6.07) is 0. The van der Waals surface area contributed by atoms with E-state index in [1.807, 2.05) is 0 Å². The van der Waals surface area contributed by atoms with Crippen molar-refractivity contribution in [1.29, 1.82) is 0 Å². The van der Waals surface area contributed by atoms with E-state index in [1.165, 1.54) is 12.8 Å². The van der Waals surface area contributed by atoms with Gasteiger partial charge < -0.3 is 14.4 Å². The molecule has 0 bridgehead atoms. The molecule has 0 N–H and O–H groups in total. The zero-order valence-electron chi connectivity index (χ0n) is 11.9. The summed E-state index contributed by atoms with van der Waals surface area (Å²) in [5.41, 5.74) is 0.0269. The molecule has 2 heterocycles. The van der Waals surface area contributed by atoms with Gasteiger partial charge in [-0.25, -0.2) is 0 Å². The number of ether oxygens (including phenoxy) is 2. The number of Topliss-reactive ketones (excluding diaryl/α,β-unsaturated/α-hetero) is 1. The second kappa shape index (κ2) is 5.51. The Morgan fingerprint density at radius 2 is 2.05 bits per heavy atom. The van der Waals surface area contributed by atoms with Gasteiger partial charge in [-0.1, -0.05) is 12.8 Å². The number of carbonyl (C=O) groups excluding carboxylic acids is 1. The summed E-state index contributed by atoms with van der Waals surface area (Å²) in [7, 11) is 2.06. The van der Waals surface area contributed by atoms with Crippen molar-refractivity contribution in [3.8, 4) is 0 Å². The van der Waals surface area contributed by atoms with E-state index < -0.39 is 0 Å². The Labute approximate surface area is 115 Å². The van der Waals surface area contributed by atoms with Crippen LogP contribution in [-0.4, -0.2) is 55.7 Å². The number of hydrogen-bond donors (Lipinski definition) is 0. The lowest BCUT2D eigenvalue weighted by molar-refractivity contribution is -0.151. The molecule has 19 heavy (non-hydrogen) atoms. The van der Waals surface area contributed by atoms with Crippen molar-refractivity contribution in [3.63, 3.8) is 0 Å². The number of nitrogens with zero attached hydrogens (tertiary/aromatic N) is 1. The van der Waals surface area contributed by atoms with Crippen molar-refractivity contribution in [3.05, 3.63) is 0 Å². The summed E-state index contributed by atoms with van der Waals surface area (Å²) in [6.45, 7) is 3.12. The van der Waals surface area contributed by atoms with Crippen molar-refractivity contribution in [1.82, 2.24) is 4.90 Å². The molecule has 1 aliphatic carbocycles. The highest BCUT2D eigenvalue weighted by Gasteiger charge is 2.43. The van der Waals surface area contributed by atoms with Crippen molar-refractivity contribution < 1.29 is 14.3 Å². The smallest absolute Gasteiger partial charge is 0.166 e. The van der Waals surface area contributed by atoms with Gasteiger partial charge in [0.05, 0.1) is 12.2 Å². The van der Waals surface area contributed by atoms with Gasteiger partial charge in [0.2, 0.25) is 0 Å². The molecule has 3 rings (SSSR count). The third kappa shape index (κ3) is 2.86. The number of hydrogen-bond acceptors (Lipinski definition) is 4. The SMILES string of the molecule is CN1CCOC(C(=O)C2CCOC3(CCCC3)C2)C1. The number of morpholine rings is 1. The minimum absolute atomic E-state index is 0.0269. The standard InChI is InChI=1S/C15H25NO3/c1-16-7-9-18-13(11-16)14(17)12-4-8-19-15(10-12)5-2-3-6-15/h12-13H,2-11H2,1H3. The third-order valence-electron chi connectivity index (χ3n) is 5.00. The maximum absolute atomic E-state index is 12.6. The molecule has 2 unspecified atom stereocenters. The summed E-state index contributed by atoms with van der Waals surface area (Å²) in [4.78, 5) is 14.8. The molecule has 3 aliphatic rings. The first-order chi connectivity index (χ1) is 9.19. The number of carbonyl (C=O) groups is 1. The molecule has 4 heteroatoms. The molecule has 1 saturated carbocycles. The van der Waals surface area contributed by atoms with Crippen LogP contribution in [0.5, 0.6) is 0 Å². The quantitative estimate of drug-likeness (QED) is 0.762. The highest BCUT2D eigenvalue weighted by Crippen LogP contribution is 2.42. The Bertz CT molecular complexity index is 338. The molecule has 0 radical (unpaired) electrons. The summed E-state index contributed by atoms with van der Waals surface area (Å²) in [5.74, 6) is 0.476. The summed E-state index contributed by atoms with van der Waals surface area (Å²) < 4.78 is 11.7. The Balaban J connectivity index is 1.62. The van der Waals surface area contributed by atoms with Crippen LogP contribution < -0.4 is 0 Å². The molecular weight excluding hydrogens is 242 g/mol. The van der Waals surface area contributed by atoms with Crippen LogP contribution in [0.4, 0.5) is 0 Å². The maximum atomic E-state index is 12.6. The minimum Gasteiger partial charge on any atom is -0.375 e. The highest BCUT2D eigenvalue weighted by atomic mass is 16.5. The first-order valence-electron chi connectivity index (χ1n) is 7.66. The summed E-state index contributed by atoms with van der Waals surface area (Å²) in [5, 5.41) is 0. The van der Waals surface area contributed by atoms with Gasteiger partial charge in [0.15, 0.2) is 5.78 Å². The molecule has 0 amide bonds. The molecule has 0 aromatic carbocycles. The lowest BCUT2D eigenvalue weighted by Crippen LogP contribution is -2.49. The van der Waals surface area contributed by atoms with Gasteiger partial charge in [0.1, 0.15) is 6.10 Å². The molecule has 3 fully saturated rings. The van der Waals surface area contributed by atoms with Crippen LogP contribution in [0.3, 0.4) is 0 Å². The van der Waals surface area contributed by atoms with Crippen molar-refractivity contribution >= 4 is 5.78 Å². The minimum atomic E-state index is -0.208. The average molecular weight is 267 g/mol. The predicted molar refractivity (Wildman–Crippen MR) is 72.1 cm³/mol. The zero-order chi connectivity index (χ0) is 13.3. The Hall–Kier alpha value is -0.450. The molecule has 108 valence electrons. The Morgan fingerprint density at radius 1 is 1.26 bits per heavy atom. The number of likely N-dealkylation sites (N-methyl/N-ethyl adjacent to an activating group) is 1. The highest BCUT2D eigenvalue weighted by molar-refractivity contribution is 5.86. The second-order valence-electron chi connectivity index (χ2n) is 6.45. The Morgan fingerprint density at radius 3 is 2.79 bits per heavy atom. The first-order valence-corrected chi connectivity index (χ1v) is 7.66. The van der Waals surface area contributed by atoms with Gasteiger partial charge in [-0.15, -0.1) is 0 Å². The van der Waals surface area contributed by atoms with Crippen LogP contribution in [0.15, 0.2) is 0 Å². The molecule has 2 saturated heterocycles. The van der Waals surface area contributed by atoms with Gasteiger partial charge in [-0.2, -0.15) is 0 Å². The van der Waals surface area contributed by atoms with Gasteiger partial charge in [0, 0.05) is 25.6 Å². The monoisotopic (exact) mass is 267 g/mol. The van der Waals surface area contributed by atoms with E-state index in [0.717, 1.165) is 45.4 Å². The van der Waals surface area contributed by atoms with Crippen LogP contribution >= 0.6 is 0 Å². The molecule has 2 aliphatic heterocycles. The number of ketones is 1. The van der Waals surface area contributed by atoms with Crippen LogP contribution in [0.1, 0.15) is 38.5 Å². The third-order valence-corrected chi connectivity index (χ3v) is 5.00. The largest absolute Gasteiger partial charge is 0.375 e. The normalized spacial score (nSPS) is 35.6. The van der Waals surface area contributed by atoms with E-state index in [-0.39, 0.29) is 17.6 Å². The van der Waals surface area contributed by atoms with E-state index in [0.29, 0.717) is 12.4 Å². The van der Waals surface area contributed by atoms with Crippen LogP contribution in [0.2, 0.25) is 0 Å². The Kier molecular flexibility index (Phi) is 3.92. The van der Waals surface area contributed by atoms with E-state index in [2.05, 4.69) is 11.9 Å². The van der Waals surface area contributed by atoms with Crippen molar-refractivity contribution in [2.24, 2.45) is 5.92 Å². The van der Waals surface area contributed by atoms with Crippen molar-refractivity contribution in [2.75, 3.05) is 33.4 Å². The van der Waals surface area contributed by atoms with E-state index in [1.54, 1.807) is 0 Å². The second-order valence-corrected chi connectivity index (χ2v) is 6.45. The van der Waals surface area contributed by atoms with E-state index in [9.17, 15) is 4.79 Å². The van der Waals surface area contributed by atoms with Crippen molar-refractivity contribution in [2.45, 2.75) is 50.2 Å². The average Bonchev–Trinajstić information content (AvgIpc) is 2.86. The van der Waals surface area contributed by atoms with Crippen LogP contribution in [-0.2, 0) is 14.3 Å². The lowest BCUT2D eigenvalue weighted by Gasteiger charge is -2.39. The topological polar surface area (TPSA) is 38.8 Å². The lowest BCUT2D eigenvalue weighted by atomic mass is 9.81. The van der Waals surface area contributed by atoms with Gasteiger partial charge >= 0.3 is 0 Å². The zero-order valence-corrected chi connectivity index (χ0v) is 11.9. The molecule has 0 aromatic heterocycles. The van der Waals surface area contributed by atoms with Gasteiger partial charge in [-0.05, 0) is 32.7 Å². The molecule has 1 spiro atoms. The van der Waals surface area contributed by atoms with Crippen LogP contribution in [0.25, 0.3) is 0 Å². The van der Waals surface area contributed by atoms with Gasteiger partial charge in [-0.3, -0.25) is 4.79 Å². The predicted octanol–water partition coefficient (Wildman–Crippen LogP) is 1.63.